The lowest BCUT2D eigenvalue weighted by Crippen LogP contribution is -2.42. The standard InChI is InChI=1S/C16H24NO3S/c1-13-6-8-15(9-7-13)21(19,20)17-14(2)12-16(18)10-4-3-5-11-16/h6-9,14,17-18H,2-5,10-12H2,1H3. The normalized spacial score (nSPS) is 20.1. The van der Waals surface area contributed by atoms with Gasteiger partial charge in [-0.2, -0.15) is 0 Å². The number of hydrogen-bond donors (Lipinski definition) is 2. The lowest BCUT2D eigenvalue weighted by atomic mass is 9.81. The van der Waals surface area contributed by atoms with Gasteiger partial charge in [-0.1, -0.05) is 37.0 Å². The fourth-order valence-electron chi connectivity index (χ4n) is 2.92. The quantitative estimate of drug-likeness (QED) is 0.878. The first-order valence-electron chi connectivity index (χ1n) is 7.45. The molecule has 21 heavy (non-hydrogen) atoms. The van der Waals surface area contributed by atoms with E-state index in [9.17, 15) is 13.5 Å². The van der Waals surface area contributed by atoms with Crippen molar-refractivity contribution in [1.29, 1.82) is 0 Å². The molecule has 5 heteroatoms. The molecule has 0 aliphatic heterocycles. The van der Waals surface area contributed by atoms with Gasteiger partial charge >= 0.3 is 0 Å². The molecule has 0 amide bonds. The molecule has 0 heterocycles. The molecule has 0 aromatic heterocycles. The minimum Gasteiger partial charge on any atom is -0.390 e. The summed E-state index contributed by atoms with van der Waals surface area (Å²) in [5, 5.41) is 10.5. The van der Waals surface area contributed by atoms with Gasteiger partial charge in [0.25, 0.3) is 0 Å². The third kappa shape index (κ3) is 4.53. The molecule has 1 unspecified atom stereocenters. The zero-order valence-electron chi connectivity index (χ0n) is 12.5. The minimum atomic E-state index is -3.58. The smallest absolute Gasteiger partial charge is 0.240 e. The molecule has 1 aromatic carbocycles. The average molecular weight is 310 g/mol. The Bertz CT molecular complexity index is 560. The van der Waals surface area contributed by atoms with E-state index >= 15 is 0 Å². The number of sulfonamides is 1. The second-order valence-corrected chi connectivity index (χ2v) is 7.83. The van der Waals surface area contributed by atoms with Crippen molar-refractivity contribution in [3.63, 3.8) is 0 Å². The molecule has 0 saturated heterocycles. The average Bonchev–Trinajstić information content (AvgIpc) is 2.38. The van der Waals surface area contributed by atoms with Crippen molar-refractivity contribution in [2.45, 2.75) is 62.0 Å². The first-order valence-corrected chi connectivity index (χ1v) is 8.94. The Morgan fingerprint density at radius 3 is 2.38 bits per heavy atom. The van der Waals surface area contributed by atoms with Gasteiger partial charge in [0, 0.05) is 6.04 Å². The number of hydrogen-bond acceptors (Lipinski definition) is 3. The van der Waals surface area contributed by atoms with Crippen molar-refractivity contribution in [3.8, 4) is 0 Å². The van der Waals surface area contributed by atoms with E-state index in [1.165, 1.54) is 0 Å². The van der Waals surface area contributed by atoms with Gasteiger partial charge in [0.15, 0.2) is 0 Å². The van der Waals surface area contributed by atoms with Gasteiger partial charge in [0.2, 0.25) is 10.0 Å². The maximum Gasteiger partial charge on any atom is 0.240 e. The van der Waals surface area contributed by atoms with Crippen LogP contribution in [-0.2, 0) is 10.0 Å². The van der Waals surface area contributed by atoms with Crippen molar-refractivity contribution >= 4 is 10.0 Å². The van der Waals surface area contributed by atoms with Crippen LogP contribution in [0.5, 0.6) is 0 Å². The molecule has 0 spiro atoms. The van der Waals surface area contributed by atoms with Gasteiger partial charge < -0.3 is 5.11 Å². The van der Waals surface area contributed by atoms with E-state index < -0.39 is 21.7 Å². The molecule has 2 rings (SSSR count). The lowest BCUT2D eigenvalue weighted by molar-refractivity contribution is -0.00724. The Labute approximate surface area is 127 Å². The van der Waals surface area contributed by atoms with E-state index in [2.05, 4.69) is 11.6 Å². The molecule has 2 N–H and O–H groups in total. The summed E-state index contributed by atoms with van der Waals surface area (Å²) in [5.74, 6) is 0. The second-order valence-electron chi connectivity index (χ2n) is 6.12. The first kappa shape index (κ1) is 16.5. The maximum absolute atomic E-state index is 12.3. The molecule has 4 nitrogen and oxygen atoms in total. The highest BCUT2D eigenvalue weighted by Crippen LogP contribution is 2.31. The molecular formula is C16H24NO3S. The molecule has 0 bridgehead atoms. The van der Waals surface area contributed by atoms with Crippen LogP contribution < -0.4 is 4.72 Å². The molecule has 1 radical (unpaired) electrons. The maximum atomic E-state index is 12.3. The monoisotopic (exact) mass is 310 g/mol. The molecule has 1 aromatic rings. The van der Waals surface area contributed by atoms with E-state index in [0.717, 1.165) is 37.7 Å². The summed E-state index contributed by atoms with van der Waals surface area (Å²) in [6.07, 6.45) is 4.94. The molecule has 117 valence electrons. The van der Waals surface area contributed by atoms with Gasteiger partial charge in [-0.3, -0.25) is 0 Å². The van der Waals surface area contributed by atoms with Crippen LogP contribution >= 0.6 is 0 Å². The summed E-state index contributed by atoms with van der Waals surface area (Å²) in [6, 6.07) is 6.17. The van der Waals surface area contributed by atoms with Crippen molar-refractivity contribution in [1.82, 2.24) is 4.72 Å². The van der Waals surface area contributed by atoms with Crippen molar-refractivity contribution < 1.29 is 13.5 Å². The Kier molecular flexibility index (Phi) is 5.07. The Balaban J connectivity index is 2.00. The van der Waals surface area contributed by atoms with Crippen LogP contribution in [0.2, 0.25) is 0 Å². The summed E-state index contributed by atoms with van der Waals surface area (Å²) in [4.78, 5) is 0.234. The number of rotatable bonds is 5. The van der Waals surface area contributed by atoms with Crippen molar-refractivity contribution in [2.24, 2.45) is 0 Å². The van der Waals surface area contributed by atoms with E-state index in [1.54, 1.807) is 24.3 Å². The number of aliphatic hydroxyl groups is 1. The van der Waals surface area contributed by atoms with Crippen LogP contribution in [0, 0.1) is 13.8 Å². The molecule has 1 atom stereocenters. The van der Waals surface area contributed by atoms with Crippen LogP contribution in [0.1, 0.15) is 44.1 Å². The molecule has 1 aliphatic rings. The zero-order chi connectivity index (χ0) is 15.5. The van der Waals surface area contributed by atoms with E-state index in [1.807, 2.05) is 6.92 Å². The largest absolute Gasteiger partial charge is 0.390 e. The highest BCUT2D eigenvalue weighted by Gasteiger charge is 2.32. The van der Waals surface area contributed by atoms with Crippen molar-refractivity contribution in [3.05, 3.63) is 36.8 Å². The summed E-state index contributed by atoms with van der Waals surface area (Å²) < 4.78 is 27.1. The zero-order valence-corrected chi connectivity index (χ0v) is 13.3. The van der Waals surface area contributed by atoms with Crippen LogP contribution in [-0.4, -0.2) is 25.2 Å². The van der Waals surface area contributed by atoms with Crippen molar-refractivity contribution in [2.75, 3.05) is 0 Å². The number of benzene rings is 1. The predicted molar refractivity (Wildman–Crippen MR) is 83.3 cm³/mol. The van der Waals surface area contributed by atoms with Crippen LogP contribution in [0.3, 0.4) is 0 Å². The van der Waals surface area contributed by atoms with Gasteiger partial charge in [-0.15, -0.1) is 0 Å². The minimum absolute atomic E-state index is 0.234. The third-order valence-corrected chi connectivity index (χ3v) is 5.60. The van der Waals surface area contributed by atoms with Gasteiger partial charge in [0.05, 0.1) is 10.5 Å². The van der Waals surface area contributed by atoms with Crippen LogP contribution in [0.15, 0.2) is 29.2 Å². The van der Waals surface area contributed by atoms with E-state index in [0.29, 0.717) is 6.42 Å². The first-order chi connectivity index (χ1) is 9.81. The second kappa shape index (κ2) is 6.46. The molecule has 1 saturated carbocycles. The van der Waals surface area contributed by atoms with Gasteiger partial charge in [0.1, 0.15) is 0 Å². The Hall–Kier alpha value is -0.910. The molecule has 1 fully saturated rings. The van der Waals surface area contributed by atoms with Gasteiger partial charge in [-0.05, 0) is 45.2 Å². The number of aryl methyl sites for hydroxylation is 1. The summed E-state index contributed by atoms with van der Waals surface area (Å²) in [7, 11) is -3.58. The summed E-state index contributed by atoms with van der Waals surface area (Å²) in [5.41, 5.74) is 0.233. The third-order valence-electron chi connectivity index (χ3n) is 4.06. The highest BCUT2D eigenvalue weighted by molar-refractivity contribution is 7.89. The fraction of sp³-hybridized carbons (Fsp3) is 0.562. The lowest BCUT2D eigenvalue weighted by Gasteiger charge is -2.34. The number of nitrogens with one attached hydrogen (secondary N) is 1. The SMILES string of the molecule is [CH2]C(CC1(O)CCCCC1)NS(=O)(=O)c1ccc(C)cc1. The summed E-state index contributed by atoms with van der Waals surface area (Å²) >= 11 is 0. The summed E-state index contributed by atoms with van der Waals surface area (Å²) in [6.45, 7) is 5.76. The predicted octanol–water partition coefficient (Wildman–Crippen LogP) is 2.56. The van der Waals surface area contributed by atoms with Gasteiger partial charge in [-0.25, -0.2) is 13.1 Å². The van der Waals surface area contributed by atoms with Crippen LogP contribution in [0.25, 0.3) is 0 Å². The van der Waals surface area contributed by atoms with E-state index in [4.69, 9.17) is 0 Å². The van der Waals surface area contributed by atoms with Crippen LogP contribution in [0.4, 0.5) is 0 Å². The Morgan fingerprint density at radius 2 is 1.81 bits per heavy atom. The Morgan fingerprint density at radius 1 is 1.24 bits per heavy atom. The highest BCUT2D eigenvalue weighted by atomic mass is 32.2. The topological polar surface area (TPSA) is 66.4 Å². The molecule has 1 aliphatic carbocycles. The fourth-order valence-corrected chi connectivity index (χ4v) is 4.07. The van der Waals surface area contributed by atoms with E-state index in [-0.39, 0.29) is 4.90 Å². The molecular weight excluding hydrogens is 286 g/mol.